The maximum Gasteiger partial charge on any atom is 0.159 e. The van der Waals surface area contributed by atoms with Crippen molar-refractivity contribution in [1.82, 2.24) is 14.5 Å². The van der Waals surface area contributed by atoms with Crippen LogP contribution in [0.3, 0.4) is 0 Å². The van der Waals surface area contributed by atoms with E-state index in [1.807, 2.05) is 24.6 Å². The average Bonchev–Trinajstić information content (AvgIpc) is 2.28. The van der Waals surface area contributed by atoms with Crippen LogP contribution in [0.4, 0.5) is 5.69 Å². The predicted molar refractivity (Wildman–Crippen MR) is 47.7 cm³/mol. The lowest BCUT2D eigenvalue weighted by Gasteiger charge is -1.94. The van der Waals surface area contributed by atoms with Gasteiger partial charge in [-0.15, -0.1) is 0 Å². The molecule has 0 unspecified atom stereocenters. The highest BCUT2D eigenvalue weighted by Gasteiger charge is 2.03. The number of pyridine rings is 1. The normalized spacial score (nSPS) is 10.8. The van der Waals surface area contributed by atoms with Crippen molar-refractivity contribution in [3.8, 4) is 0 Å². The van der Waals surface area contributed by atoms with Crippen LogP contribution in [0, 0.1) is 6.92 Å². The zero-order valence-electron chi connectivity index (χ0n) is 7.07. The van der Waals surface area contributed by atoms with Crippen LogP contribution >= 0.6 is 0 Å². The van der Waals surface area contributed by atoms with Gasteiger partial charge in [0, 0.05) is 7.05 Å². The minimum Gasteiger partial charge on any atom is -0.397 e. The van der Waals surface area contributed by atoms with Crippen LogP contribution in [0.1, 0.15) is 5.82 Å². The van der Waals surface area contributed by atoms with Gasteiger partial charge in [-0.3, -0.25) is 0 Å². The van der Waals surface area contributed by atoms with Crippen molar-refractivity contribution >= 4 is 16.9 Å². The summed E-state index contributed by atoms with van der Waals surface area (Å²) in [6.45, 7) is 1.94. The van der Waals surface area contributed by atoms with Crippen molar-refractivity contribution in [3.05, 3.63) is 18.1 Å². The summed E-state index contributed by atoms with van der Waals surface area (Å²) < 4.78 is 1.94. The highest BCUT2D eigenvalue weighted by Crippen LogP contribution is 2.13. The molecule has 0 spiro atoms. The first-order valence-corrected chi connectivity index (χ1v) is 3.73. The average molecular weight is 162 g/mol. The van der Waals surface area contributed by atoms with E-state index >= 15 is 0 Å². The van der Waals surface area contributed by atoms with Crippen molar-refractivity contribution in [2.24, 2.45) is 7.05 Å². The van der Waals surface area contributed by atoms with Crippen molar-refractivity contribution in [1.29, 1.82) is 0 Å². The second-order valence-electron chi connectivity index (χ2n) is 2.83. The van der Waals surface area contributed by atoms with Gasteiger partial charge in [0.2, 0.25) is 0 Å². The molecule has 0 aliphatic rings. The quantitative estimate of drug-likeness (QED) is 0.625. The van der Waals surface area contributed by atoms with E-state index in [2.05, 4.69) is 9.97 Å². The van der Waals surface area contributed by atoms with Crippen LogP contribution in [0.25, 0.3) is 11.2 Å². The molecule has 2 rings (SSSR count). The molecule has 4 nitrogen and oxygen atoms in total. The fourth-order valence-corrected chi connectivity index (χ4v) is 1.20. The molecule has 2 aromatic heterocycles. The molecular formula is C8H10N4. The second-order valence-corrected chi connectivity index (χ2v) is 2.83. The fraction of sp³-hybridized carbons (Fsp3) is 0.250. The summed E-state index contributed by atoms with van der Waals surface area (Å²) in [7, 11) is 1.94. The van der Waals surface area contributed by atoms with E-state index in [4.69, 9.17) is 5.73 Å². The third kappa shape index (κ3) is 0.845. The maximum absolute atomic E-state index is 5.57. The maximum atomic E-state index is 5.57. The topological polar surface area (TPSA) is 56.7 Å². The number of fused-ring (bicyclic) bond motifs is 1. The lowest BCUT2D eigenvalue weighted by atomic mass is 10.4. The summed E-state index contributed by atoms with van der Waals surface area (Å²) in [5.41, 5.74) is 7.96. The third-order valence-electron chi connectivity index (χ3n) is 1.95. The lowest BCUT2D eigenvalue weighted by Crippen LogP contribution is -1.92. The molecule has 12 heavy (non-hydrogen) atoms. The molecule has 0 aliphatic carbocycles. The lowest BCUT2D eigenvalue weighted by molar-refractivity contribution is 0.874. The Morgan fingerprint density at radius 1 is 1.50 bits per heavy atom. The Morgan fingerprint density at radius 3 is 3.00 bits per heavy atom. The number of imidazole rings is 1. The number of aromatic nitrogens is 3. The van der Waals surface area contributed by atoms with Gasteiger partial charge in [-0.2, -0.15) is 0 Å². The number of anilines is 1. The van der Waals surface area contributed by atoms with Gasteiger partial charge in [0.25, 0.3) is 0 Å². The number of hydrogen-bond donors (Lipinski definition) is 1. The Morgan fingerprint density at radius 2 is 2.25 bits per heavy atom. The monoisotopic (exact) mass is 162 g/mol. The molecule has 0 aromatic carbocycles. The number of nitrogens with two attached hydrogens (primary N) is 1. The van der Waals surface area contributed by atoms with Gasteiger partial charge in [0.1, 0.15) is 11.3 Å². The zero-order valence-corrected chi connectivity index (χ0v) is 7.07. The molecule has 0 saturated heterocycles. The molecule has 0 saturated carbocycles. The van der Waals surface area contributed by atoms with Gasteiger partial charge in [0.05, 0.1) is 11.9 Å². The van der Waals surface area contributed by atoms with Gasteiger partial charge >= 0.3 is 0 Å². The Balaban J connectivity index is 2.87. The Labute approximate surface area is 70.0 Å². The largest absolute Gasteiger partial charge is 0.397 e. The number of hydrogen-bond acceptors (Lipinski definition) is 3. The molecule has 2 heterocycles. The van der Waals surface area contributed by atoms with Gasteiger partial charge in [-0.1, -0.05) is 0 Å². The number of rotatable bonds is 0. The van der Waals surface area contributed by atoms with Crippen LogP contribution in [0.5, 0.6) is 0 Å². The second kappa shape index (κ2) is 2.20. The van der Waals surface area contributed by atoms with Crippen molar-refractivity contribution in [3.63, 3.8) is 0 Å². The summed E-state index contributed by atoms with van der Waals surface area (Å²) in [5, 5.41) is 0. The Hall–Kier alpha value is -1.58. The highest BCUT2D eigenvalue weighted by molar-refractivity contribution is 5.74. The smallest absolute Gasteiger partial charge is 0.159 e. The van der Waals surface area contributed by atoms with E-state index < -0.39 is 0 Å². The minimum atomic E-state index is 0.653. The van der Waals surface area contributed by atoms with Crippen LogP contribution in [0.15, 0.2) is 12.3 Å². The fourth-order valence-electron chi connectivity index (χ4n) is 1.20. The van der Waals surface area contributed by atoms with Crippen molar-refractivity contribution < 1.29 is 0 Å². The molecule has 2 N–H and O–H groups in total. The van der Waals surface area contributed by atoms with Crippen LogP contribution in [-0.4, -0.2) is 14.5 Å². The van der Waals surface area contributed by atoms with Crippen LogP contribution in [0.2, 0.25) is 0 Å². The summed E-state index contributed by atoms with van der Waals surface area (Å²) in [6.07, 6.45) is 1.64. The molecule has 0 radical (unpaired) electrons. The Kier molecular flexibility index (Phi) is 1.30. The SMILES string of the molecule is Cc1nc2cc(N)cnc2n1C. The molecule has 0 fully saturated rings. The van der Waals surface area contributed by atoms with E-state index in [-0.39, 0.29) is 0 Å². The van der Waals surface area contributed by atoms with E-state index in [1.54, 1.807) is 6.20 Å². The van der Waals surface area contributed by atoms with E-state index in [0.717, 1.165) is 17.0 Å². The number of aryl methyl sites for hydroxylation is 2. The molecular weight excluding hydrogens is 152 g/mol. The zero-order chi connectivity index (χ0) is 8.72. The van der Waals surface area contributed by atoms with E-state index in [9.17, 15) is 0 Å². The molecule has 4 heteroatoms. The summed E-state index contributed by atoms with van der Waals surface area (Å²) in [4.78, 5) is 8.47. The first kappa shape index (κ1) is 7.09. The number of nitrogens with zero attached hydrogens (tertiary/aromatic N) is 3. The summed E-state index contributed by atoms with van der Waals surface area (Å²) in [5.74, 6) is 0.947. The molecule has 0 bridgehead atoms. The molecule has 62 valence electrons. The van der Waals surface area contributed by atoms with Crippen LogP contribution < -0.4 is 5.73 Å². The molecule has 2 aromatic rings. The predicted octanol–water partition coefficient (Wildman–Crippen LogP) is 0.859. The van der Waals surface area contributed by atoms with Gasteiger partial charge in [0.15, 0.2) is 5.65 Å². The van der Waals surface area contributed by atoms with Gasteiger partial charge < -0.3 is 10.3 Å². The molecule has 0 atom stereocenters. The minimum absolute atomic E-state index is 0.653. The molecule has 0 amide bonds. The van der Waals surface area contributed by atoms with Crippen molar-refractivity contribution in [2.75, 3.05) is 5.73 Å². The third-order valence-corrected chi connectivity index (χ3v) is 1.95. The van der Waals surface area contributed by atoms with Gasteiger partial charge in [-0.05, 0) is 13.0 Å². The summed E-state index contributed by atoms with van der Waals surface area (Å²) in [6, 6.07) is 1.83. The number of nitrogen functional groups attached to an aromatic ring is 1. The highest BCUT2D eigenvalue weighted by atomic mass is 15.1. The molecule has 0 aliphatic heterocycles. The van der Waals surface area contributed by atoms with Crippen molar-refractivity contribution in [2.45, 2.75) is 6.92 Å². The summed E-state index contributed by atoms with van der Waals surface area (Å²) >= 11 is 0. The van der Waals surface area contributed by atoms with E-state index in [1.165, 1.54) is 0 Å². The van der Waals surface area contributed by atoms with E-state index in [0.29, 0.717) is 5.69 Å². The Bertz CT molecular complexity index is 430. The first-order valence-electron chi connectivity index (χ1n) is 3.73. The standard InChI is InChI=1S/C8H10N4/c1-5-11-7-3-6(9)4-10-8(7)12(5)2/h3-4H,9H2,1-2H3. The first-order chi connectivity index (χ1) is 5.68. The van der Waals surface area contributed by atoms with Crippen LogP contribution in [-0.2, 0) is 7.05 Å². The van der Waals surface area contributed by atoms with Gasteiger partial charge in [-0.25, -0.2) is 9.97 Å².